The van der Waals surface area contributed by atoms with Crippen molar-refractivity contribution in [2.24, 2.45) is 0 Å². The minimum absolute atomic E-state index is 0.406. The molecule has 0 bridgehead atoms. The van der Waals surface area contributed by atoms with Crippen molar-refractivity contribution in [2.45, 2.75) is 31.9 Å². The van der Waals surface area contributed by atoms with Crippen LogP contribution in [0.15, 0.2) is 30.3 Å². The lowest BCUT2D eigenvalue weighted by Crippen LogP contribution is -2.13. The van der Waals surface area contributed by atoms with Crippen LogP contribution >= 0.6 is 0 Å². The first-order valence-electron chi connectivity index (χ1n) is 4.64. The number of hydrogen-bond acceptors (Lipinski definition) is 0. The van der Waals surface area contributed by atoms with E-state index in [1.54, 1.807) is 31.2 Å². The molecule has 0 spiro atoms. The predicted molar refractivity (Wildman–Crippen MR) is 50.1 cm³/mol. The third-order valence-electron chi connectivity index (χ3n) is 2.24. The second-order valence-electron chi connectivity index (χ2n) is 3.34. The molecule has 14 heavy (non-hydrogen) atoms. The second-order valence-corrected chi connectivity index (χ2v) is 3.34. The van der Waals surface area contributed by atoms with Gasteiger partial charge in [0, 0.05) is 0 Å². The average Bonchev–Trinajstić information content (AvgIpc) is 2.14. The van der Waals surface area contributed by atoms with Crippen LogP contribution in [-0.2, 0) is 0 Å². The first-order chi connectivity index (χ1) is 6.53. The molecule has 0 saturated carbocycles. The monoisotopic (exact) mass is 202 g/mol. The van der Waals surface area contributed by atoms with Gasteiger partial charge in [-0.05, 0) is 17.9 Å². The van der Waals surface area contributed by atoms with E-state index in [-0.39, 0.29) is 0 Å². The lowest BCUT2D eigenvalue weighted by atomic mass is 9.93. The van der Waals surface area contributed by atoms with E-state index in [4.69, 9.17) is 0 Å². The normalized spacial score (nSPS) is 14.0. The van der Waals surface area contributed by atoms with Crippen molar-refractivity contribution in [3.63, 3.8) is 0 Å². The van der Waals surface area contributed by atoms with Crippen molar-refractivity contribution in [1.82, 2.24) is 0 Å². The first-order valence-corrected chi connectivity index (χ1v) is 4.64. The van der Waals surface area contributed by atoms with Gasteiger partial charge < -0.3 is 0 Å². The highest BCUT2D eigenvalue weighted by molar-refractivity contribution is 5.19. The topological polar surface area (TPSA) is 0 Å². The molecule has 0 nitrogen and oxygen atoms in total. The maximum atomic E-state index is 12.2. The molecule has 0 saturated heterocycles. The van der Waals surface area contributed by atoms with Crippen molar-refractivity contribution < 1.29 is 13.2 Å². The number of benzene rings is 1. The van der Waals surface area contributed by atoms with Crippen molar-refractivity contribution >= 4 is 0 Å². The Kier molecular flexibility index (Phi) is 3.55. The van der Waals surface area contributed by atoms with Crippen LogP contribution in [0.2, 0.25) is 0 Å². The van der Waals surface area contributed by atoms with Crippen LogP contribution in [0.5, 0.6) is 0 Å². The molecule has 0 unspecified atom stereocenters. The van der Waals surface area contributed by atoms with Gasteiger partial charge >= 0.3 is 6.18 Å². The smallest absolute Gasteiger partial charge is 0.171 e. The van der Waals surface area contributed by atoms with Crippen LogP contribution in [0.25, 0.3) is 0 Å². The van der Waals surface area contributed by atoms with Gasteiger partial charge in [0.05, 0.1) is 6.42 Å². The third-order valence-corrected chi connectivity index (χ3v) is 2.24. The molecule has 0 aliphatic heterocycles. The van der Waals surface area contributed by atoms with Crippen LogP contribution in [0.4, 0.5) is 13.2 Å². The van der Waals surface area contributed by atoms with E-state index in [0.29, 0.717) is 6.42 Å². The van der Waals surface area contributed by atoms with Crippen LogP contribution in [0.3, 0.4) is 0 Å². The highest BCUT2D eigenvalue weighted by atomic mass is 19.4. The van der Waals surface area contributed by atoms with Crippen LogP contribution in [-0.4, -0.2) is 6.18 Å². The Morgan fingerprint density at radius 3 is 2.14 bits per heavy atom. The van der Waals surface area contributed by atoms with E-state index in [9.17, 15) is 13.2 Å². The number of rotatable bonds is 3. The van der Waals surface area contributed by atoms with E-state index >= 15 is 0 Å². The van der Waals surface area contributed by atoms with Crippen molar-refractivity contribution in [1.29, 1.82) is 0 Å². The van der Waals surface area contributed by atoms with Crippen LogP contribution in [0.1, 0.15) is 31.2 Å². The fourth-order valence-corrected chi connectivity index (χ4v) is 1.50. The molecule has 1 rings (SSSR count). The van der Waals surface area contributed by atoms with E-state index < -0.39 is 18.5 Å². The van der Waals surface area contributed by atoms with Gasteiger partial charge in [0.15, 0.2) is 0 Å². The summed E-state index contributed by atoms with van der Waals surface area (Å²) in [7, 11) is 0. The zero-order valence-electron chi connectivity index (χ0n) is 8.01. The molecule has 0 aliphatic rings. The standard InChI is InChI=1S/C11H13F3/c1-2-9(8-11(12,13)14)10-6-4-3-5-7-10/h3-7,9H,2,8H2,1H3/t9-/m1/s1. The van der Waals surface area contributed by atoms with Gasteiger partial charge in [-0.15, -0.1) is 0 Å². The van der Waals surface area contributed by atoms with E-state index in [2.05, 4.69) is 0 Å². The van der Waals surface area contributed by atoms with E-state index in [1.807, 2.05) is 6.07 Å². The van der Waals surface area contributed by atoms with Crippen LogP contribution in [0, 0.1) is 0 Å². The molecule has 0 N–H and O–H groups in total. The quantitative estimate of drug-likeness (QED) is 0.691. The summed E-state index contributed by atoms with van der Waals surface area (Å²) in [6.07, 6.45) is -4.28. The lowest BCUT2D eigenvalue weighted by molar-refractivity contribution is -0.138. The lowest BCUT2D eigenvalue weighted by Gasteiger charge is -2.17. The minimum Gasteiger partial charge on any atom is -0.171 e. The molecule has 0 heterocycles. The van der Waals surface area contributed by atoms with Gasteiger partial charge in [-0.2, -0.15) is 13.2 Å². The maximum Gasteiger partial charge on any atom is 0.389 e. The summed E-state index contributed by atoms with van der Waals surface area (Å²) >= 11 is 0. The Morgan fingerprint density at radius 2 is 1.71 bits per heavy atom. The Bertz CT molecular complexity index is 264. The van der Waals surface area contributed by atoms with Crippen molar-refractivity contribution in [3.05, 3.63) is 35.9 Å². The maximum absolute atomic E-state index is 12.2. The highest BCUT2D eigenvalue weighted by Crippen LogP contribution is 2.32. The zero-order valence-corrected chi connectivity index (χ0v) is 8.01. The molecule has 3 heteroatoms. The summed E-state index contributed by atoms with van der Waals surface area (Å²) in [6.45, 7) is 1.78. The average molecular weight is 202 g/mol. The summed E-state index contributed by atoms with van der Waals surface area (Å²) in [5.74, 6) is -0.406. The first kappa shape index (κ1) is 11.1. The van der Waals surface area contributed by atoms with E-state index in [1.165, 1.54) is 0 Å². The van der Waals surface area contributed by atoms with Gasteiger partial charge in [0.1, 0.15) is 0 Å². The highest BCUT2D eigenvalue weighted by Gasteiger charge is 2.31. The summed E-state index contributed by atoms with van der Waals surface area (Å²) < 4.78 is 36.5. The Labute approximate surface area is 81.8 Å². The third kappa shape index (κ3) is 3.40. The van der Waals surface area contributed by atoms with Crippen LogP contribution < -0.4 is 0 Å². The van der Waals surface area contributed by atoms with Gasteiger partial charge in [-0.1, -0.05) is 37.3 Å². The largest absolute Gasteiger partial charge is 0.389 e. The number of hydrogen-bond donors (Lipinski definition) is 0. The zero-order chi connectivity index (χ0) is 10.6. The number of halogens is 3. The van der Waals surface area contributed by atoms with Gasteiger partial charge in [0.2, 0.25) is 0 Å². The predicted octanol–water partition coefficient (Wildman–Crippen LogP) is 4.13. The molecule has 0 aliphatic carbocycles. The SMILES string of the molecule is CC[C@H](CC(F)(F)F)c1ccccc1. The Morgan fingerprint density at radius 1 is 1.14 bits per heavy atom. The molecule has 1 aromatic rings. The summed E-state index contributed by atoms with van der Waals surface area (Å²) in [4.78, 5) is 0. The minimum atomic E-state index is -4.07. The molecule has 78 valence electrons. The van der Waals surface area contributed by atoms with Crippen molar-refractivity contribution in [2.75, 3.05) is 0 Å². The Hall–Kier alpha value is -0.990. The van der Waals surface area contributed by atoms with Gasteiger partial charge in [-0.25, -0.2) is 0 Å². The van der Waals surface area contributed by atoms with E-state index in [0.717, 1.165) is 5.56 Å². The summed E-state index contributed by atoms with van der Waals surface area (Å²) in [5, 5.41) is 0. The summed E-state index contributed by atoms with van der Waals surface area (Å²) in [5.41, 5.74) is 0.771. The molecule has 1 aromatic carbocycles. The molecular weight excluding hydrogens is 189 g/mol. The second kappa shape index (κ2) is 4.49. The Balaban J connectivity index is 2.73. The molecule has 0 amide bonds. The fourth-order valence-electron chi connectivity index (χ4n) is 1.50. The van der Waals surface area contributed by atoms with Gasteiger partial charge in [-0.3, -0.25) is 0 Å². The molecular formula is C11H13F3. The molecule has 0 radical (unpaired) electrons. The molecule has 1 atom stereocenters. The molecule has 0 aromatic heterocycles. The van der Waals surface area contributed by atoms with Crippen molar-refractivity contribution in [3.8, 4) is 0 Å². The fraction of sp³-hybridized carbons (Fsp3) is 0.455. The summed E-state index contributed by atoms with van der Waals surface area (Å²) in [6, 6.07) is 8.85. The van der Waals surface area contributed by atoms with Gasteiger partial charge in [0.25, 0.3) is 0 Å². The number of alkyl halides is 3. The molecule has 0 fully saturated rings.